The molecule has 0 atom stereocenters. The van der Waals surface area contributed by atoms with Gasteiger partial charge in [-0.25, -0.2) is 14.4 Å². The first-order valence-electron chi connectivity index (χ1n) is 4.45. The molecule has 1 aromatic heterocycles. The Hall–Kier alpha value is -1.88. The highest BCUT2D eigenvalue weighted by Gasteiger charge is 2.07. The van der Waals surface area contributed by atoms with Crippen molar-refractivity contribution >= 4 is 28.9 Å². The molecule has 2 rings (SSSR count). The maximum Gasteiger partial charge on any atom is 0.149 e. The van der Waals surface area contributed by atoms with E-state index in [2.05, 4.69) is 15.3 Å². The fraction of sp³-hybridized carbons (Fsp3) is 0. The fourth-order valence-electron chi connectivity index (χ4n) is 1.15. The summed E-state index contributed by atoms with van der Waals surface area (Å²) in [6.45, 7) is 0. The van der Waals surface area contributed by atoms with Gasteiger partial charge >= 0.3 is 0 Å². The van der Waals surface area contributed by atoms with E-state index in [1.807, 2.05) is 0 Å². The van der Waals surface area contributed by atoms with E-state index in [1.54, 1.807) is 6.07 Å². The zero-order valence-electron chi connectivity index (χ0n) is 8.11. The van der Waals surface area contributed by atoms with Crippen LogP contribution in [0.15, 0.2) is 30.6 Å². The van der Waals surface area contributed by atoms with Crippen LogP contribution in [0.2, 0.25) is 5.02 Å². The number of nitrogen functional groups attached to an aromatic ring is 1. The number of para-hydroxylation sites is 1. The minimum Gasteiger partial charge on any atom is -0.382 e. The second-order valence-electron chi connectivity index (χ2n) is 3.05. The summed E-state index contributed by atoms with van der Waals surface area (Å²) >= 11 is 5.84. The molecule has 0 saturated heterocycles. The number of benzene rings is 1. The molecular formula is C10H8ClFN4. The van der Waals surface area contributed by atoms with E-state index in [9.17, 15) is 4.39 Å². The molecule has 0 bridgehead atoms. The van der Waals surface area contributed by atoms with Gasteiger partial charge in [0.25, 0.3) is 0 Å². The van der Waals surface area contributed by atoms with Gasteiger partial charge in [0.05, 0.1) is 23.1 Å². The lowest BCUT2D eigenvalue weighted by molar-refractivity contribution is 0.632. The molecule has 1 heterocycles. The van der Waals surface area contributed by atoms with Gasteiger partial charge < -0.3 is 11.1 Å². The predicted octanol–water partition coefficient (Wildman–Crippen LogP) is 2.59. The molecule has 0 amide bonds. The molecule has 6 heteroatoms. The largest absolute Gasteiger partial charge is 0.382 e. The highest BCUT2D eigenvalue weighted by molar-refractivity contribution is 6.33. The SMILES string of the molecule is Nc1cnc(Nc2c(F)cccc2Cl)cn1. The van der Waals surface area contributed by atoms with Crippen molar-refractivity contribution in [1.82, 2.24) is 9.97 Å². The van der Waals surface area contributed by atoms with Gasteiger partial charge in [0.1, 0.15) is 17.5 Å². The maximum atomic E-state index is 13.4. The van der Waals surface area contributed by atoms with Gasteiger partial charge in [-0.2, -0.15) is 0 Å². The van der Waals surface area contributed by atoms with Crippen LogP contribution in [-0.2, 0) is 0 Å². The van der Waals surface area contributed by atoms with Crippen molar-refractivity contribution in [1.29, 1.82) is 0 Å². The molecule has 82 valence electrons. The molecule has 0 aliphatic carbocycles. The summed E-state index contributed by atoms with van der Waals surface area (Å²) in [4.78, 5) is 7.75. The lowest BCUT2D eigenvalue weighted by atomic mass is 10.3. The molecule has 0 aliphatic heterocycles. The zero-order valence-corrected chi connectivity index (χ0v) is 8.87. The Morgan fingerprint density at radius 1 is 1.25 bits per heavy atom. The lowest BCUT2D eigenvalue weighted by Gasteiger charge is -2.07. The average molecular weight is 239 g/mol. The summed E-state index contributed by atoms with van der Waals surface area (Å²) in [6.07, 6.45) is 2.77. The van der Waals surface area contributed by atoms with Crippen molar-refractivity contribution in [2.75, 3.05) is 11.1 Å². The first-order valence-corrected chi connectivity index (χ1v) is 4.83. The Bertz CT molecular complexity index is 480. The number of halogens is 2. The van der Waals surface area contributed by atoms with Crippen molar-refractivity contribution in [2.45, 2.75) is 0 Å². The summed E-state index contributed by atoms with van der Waals surface area (Å²) in [5.41, 5.74) is 5.55. The topological polar surface area (TPSA) is 63.8 Å². The summed E-state index contributed by atoms with van der Waals surface area (Å²) in [6, 6.07) is 4.41. The number of aromatic nitrogens is 2. The maximum absolute atomic E-state index is 13.4. The number of nitrogens with one attached hydrogen (secondary N) is 1. The molecule has 2 aromatic rings. The first-order chi connectivity index (χ1) is 7.66. The Morgan fingerprint density at radius 3 is 2.69 bits per heavy atom. The summed E-state index contributed by atoms with van der Waals surface area (Å²) in [5, 5.41) is 3.01. The van der Waals surface area contributed by atoms with Crippen LogP contribution in [0.4, 0.5) is 21.7 Å². The number of rotatable bonds is 2. The monoisotopic (exact) mass is 238 g/mol. The van der Waals surface area contributed by atoms with Crippen molar-refractivity contribution in [2.24, 2.45) is 0 Å². The Labute approximate surface area is 96.3 Å². The third kappa shape index (κ3) is 2.20. The van der Waals surface area contributed by atoms with Crippen LogP contribution in [0.5, 0.6) is 0 Å². The van der Waals surface area contributed by atoms with Crippen LogP contribution in [0.1, 0.15) is 0 Å². The molecule has 0 unspecified atom stereocenters. The third-order valence-electron chi connectivity index (χ3n) is 1.89. The van der Waals surface area contributed by atoms with E-state index >= 15 is 0 Å². The van der Waals surface area contributed by atoms with Crippen molar-refractivity contribution in [3.63, 3.8) is 0 Å². The van der Waals surface area contributed by atoms with Crippen LogP contribution >= 0.6 is 11.6 Å². The highest BCUT2D eigenvalue weighted by atomic mass is 35.5. The number of hydrogen-bond donors (Lipinski definition) is 2. The summed E-state index contributed by atoms with van der Waals surface area (Å²) in [5.74, 6) is 0.220. The van der Waals surface area contributed by atoms with Crippen LogP contribution < -0.4 is 11.1 Å². The van der Waals surface area contributed by atoms with E-state index in [-0.39, 0.29) is 10.7 Å². The van der Waals surface area contributed by atoms with Crippen LogP contribution in [-0.4, -0.2) is 9.97 Å². The second-order valence-corrected chi connectivity index (χ2v) is 3.46. The Kier molecular flexibility index (Phi) is 2.87. The molecule has 0 fully saturated rings. The van der Waals surface area contributed by atoms with Gasteiger partial charge in [0.15, 0.2) is 0 Å². The van der Waals surface area contributed by atoms with Crippen LogP contribution in [0.25, 0.3) is 0 Å². The quantitative estimate of drug-likeness (QED) is 0.844. The van der Waals surface area contributed by atoms with E-state index in [0.717, 1.165) is 0 Å². The van der Waals surface area contributed by atoms with Gasteiger partial charge in [-0.3, -0.25) is 0 Å². The molecule has 0 spiro atoms. The zero-order chi connectivity index (χ0) is 11.5. The van der Waals surface area contributed by atoms with Gasteiger partial charge in [-0.15, -0.1) is 0 Å². The molecule has 0 aliphatic rings. The minimum absolute atomic E-state index is 0.170. The molecule has 0 radical (unpaired) electrons. The van der Waals surface area contributed by atoms with Gasteiger partial charge in [0.2, 0.25) is 0 Å². The molecule has 3 N–H and O–H groups in total. The Balaban J connectivity index is 2.30. The van der Waals surface area contributed by atoms with Crippen LogP contribution in [0, 0.1) is 5.82 Å². The average Bonchev–Trinajstić information content (AvgIpc) is 2.26. The van der Waals surface area contributed by atoms with E-state index in [0.29, 0.717) is 11.6 Å². The first kappa shape index (κ1) is 10.6. The van der Waals surface area contributed by atoms with Gasteiger partial charge in [-0.1, -0.05) is 17.7 Å². The normalized spacial score (nSPS) is 10.1. The summed E-state index contributed by atoms with van der Waals surface area (Å²) < 4.78 is 13.4. The van der Waals surface area contributed by atoms with Crippen LogP contribution in [0.3, 0.4) is 0 Å². The molecule has 4 nitrogen and oxygen atoms in total. The molecule has 1 aromatic carbocycles. The number of nitrogens with two attached hydrogens (primary N) is 1. The molecular weight excluding hydrogens is 231 g/mol. The van der Waals surface area contributed by atoms with E-state index in [4.69, 9.17) is 17.3 Å². The third-order valence-corrected chi connectivity index (χ3v) is 2.20. The predicted molar refractivity (Wildman–Crippen MR) is 61.1 cm³/mol. The van der Waals surface area contributed by atoms with Crippen molar-refractivity contribution < 1.29 is 4.39 Å². The fourth-order valence-corrected chi connectivity index (χ4v) is 1.36. The second kappa shape index (κ2) is 4.32. The van der Waals surface area contributed by atoms with Gasteiger partial charge in [0, 0.05) is 0 Å². The van der Waals surface area contributed by atoms with Gasteiger partial charge in [-0.05, 0) is 12.1 Å². The van der Waals surface area contributed by atoms with Crippen molar-refractivity contribution in [3.05, 3.63) is 41.4 Å². The number of nitrogens with zero attached hydrogens (tertiary/aromatic N) is 2. The molecule has 0 saturated carbocycles. The van der Waals surface area contributed by atoms with E-state index < -0.39 is 5.82 Å². The standard InChI is InChI=1S/C10H8ClFN4/c11-6-2-1-3-7(12)10(6)16-9-5-14-8(13)4-15-9/h1-5H,(H2,13,14)(H,15,16). The number of hydrogen-bond acceptors (Lipinski definition) is 4. The highest BCUT2D eigenvalue weighted by Crippen LogP contribution is 2.26. The summed E-state index contributed by atoms with van der Waals surface area (Å²) in [7, 11) is 0. The lowest BCUT2D eigenvalue weighted by Crippen LogP contribution is -1.99. The van der Waals surface area contributed by atoms with E-state index in [1.165, 1.54) is 24.5 Å². The number of anilines is 3. The smallest absolute Gasteiger partial charge is 0.149 e. The van der Waals surface area contributed by atoms with Crippen molar-refractivity contribution in [3.8, 4) is 0 Å². The minimum atomic E-state index is -0.453. The Morgan fingerprint density at radius 2 is 2.06 bits per heavy atom. The molecule has 16 heavy (non-hydrogen) atoms.